The van der Waals surface area contributed by atoms with Crippen molar-refractivity contribution in [2.45, 2.75) is 51.1 Å². The molecule has 2 amide bonds. The average molecular weight is 347 g/mol. The summed E-state index contributed by atoms with van der Waals surface area (Å²) in [6.45, 7) is 5.47. The van der Waals surface area contributed by atoms with Crippen LogP contribution in [-0.4, -0.2) is 63.6 Å². The summed E-state index contributed by atoms with van der Waals surface area (Å²) in [4.78, 5) is 28.5. The quantitative estimate of drug-likeness (QED) is 0.884. The molecular formula is C18H29N5O2. The van der Waals surface area contributed by atoms with Gasteiger partial charge in [-0.3, -0.25) is 19.2 Å². The lowest BCUT2D eigenvalue weighted by Gasteiger charge is -2.45. The van der Waals surface area contributed by atoms with Gasteiger partial charge in [-0.2, -0.15) is 5.10 Å². The summed E-state index contributed by atoms with van der Waals surface area (Å²) in [6.07, 6.45) is 8.42. The summed E-state index contributed by atoms with van der Waals surface area (Å²) < 4.78 is 1.79. The van der Waals surface area contributed by atoms with E-state index < -0.39 is 5.91 Å². The zero-order valence-corrected chi connectivity index (χ0v) is 15.3. The van der Waals surface area contributed by atoms with Crippen LogP contribution in [0.5, 0.6) is 0 Å². The van der Waals surface area contributed by atoms with E-state index in [1.54, 1.807) is 10.9 Å². The second kappa shape index (κ2) is 7.15. The maximum absolute atomic E-state index is 13.0. The molecular weight excluding hydrogens is 318 g/mol. The van der Waals surface area contributed by atoms with Crippen LogP contribution in [0.4, 0.5) is 0 Å². The molecule has 2 N–H and O–H groups in total. The van der Waals surface area contributed by atoms with Gasteiger partial charge in [0.1, 0.15) is 0 Å². The van der Waals surface area contributed by atoms with Crippen molar-refractivity contribution >= 4 is 11.8 Å². The number of nitrogens with two attached hydrogens (primary N) is 1. The zero-order valence-electron chi connectivity index (χ0n) is 15.3. The van der Waals surface area contributed by atoms with Crippen LogP contribution in [0, 0.1) is 5.92 Å². The molecule has 2 aliphatic rings. The SMILES string of the molecule is CN1CCCCC1(C)C(=O)N1CCC(Cn2cc(C(N)=O)cn2)CC1. The van der Waals surface area contributed by atoms with Crippen molar-refractivity contribution in [1.29, 1.82) is 0 Å². The van der Waals surface area contributed by atoms with E-state index in [-0.39, 0.29) is 11.4 Å². The van der Waals surface area contributed by atoms with Gasteiger partial charge in [0.25, 0.3) is 5.91 Å². The normalized spacial score (nSPS) is 25.9. The average Bonchev–Trinajstić information content (AvgIpc) is 3.06. The summed E-state index contributed by atoms with van der Waals surface area (Å²) in [5.41, 5.74) is 5.37. The Bertz CT molecular complexity index is 635. The van der Waals surface area contributed by atoms with Gasteiger partial charge >= 0.3 is 0 Å². The first-order chi connectivity index (χ1) is 11.9. The Balaban J connectivity index is 1.54. The Labute approximate surface area is 149 Å². The first-order valence-corrected chi connectivity index (χ1v) is 9.23. The van der Waals surface area contributed by atoms with Crippen molar-refractivity contribution in [3.05, 3.63) is 18.0 Å². The Morgan fingerprint density at radius 1 is 1.28 bits per heavy atom. The van der Waals surface area contributed by atoms with Crippen LogP contribution < -0.4 is 5.73 Å². The molecule has 0 aliphatic carbocycles. The number of rotatable bonds is 4. The first kappa shape index (κ1) is 17.9. The van der Waals surface area contributed by atoms with E-state index >= 15 is 0 Å². The summed E-state index contributed by atoms with van der Waals surface area (Å²) in [6, 6.07) is 0. The van der Waals surface area contributed by atoms with Gasteiger partial charge in [-0.15, -0.1) is 0 Å². The Hall–Kier alpha value is -1.89. The minimum atomic E-state index is -0.448. The van der Waals surface area contributed by atoms with Gasteiger partial charge in [0.2, 0.25) is 5.91 Å². The largest absolute Gasteiger partial charge is 0.366 e. The Morgan fingerprint density at radius 3 is 2.60 bits per heavy atom. The predicted molar refractivity (Wildman–Crippen MR) is 94.9 cm³/mol. The number of carbonyl (C=O) groups excluding carboxylic acids is 2. The van der Waals surface area contributed by atoms with Crippen LogP contribution in [0.15, 0.2) is 12.4 Å². The van der Waals surface area contributed by atoms with Crippen LogP contribution in [0.2, 0.25) is 0 Å². The lowest BCUT2D eigenvalue weighted by Crippen LogP contribution is -2.59. The number of piperidine rings is 2. The van der Waals surface area contributed by atoms with Crippen molar-refractivity contribution in [3.63, 3.8) is 0 Å². The number of hydrogen-bond donors (Lipinski definition) is 1. The molecule has 1 atom stereocenters. The van der Waals surface area contributed by atoms with Gasteiger partial charge in [-0.1, -0.05) is 0 Å². The number of amides is 2. The van der Waals surface area contributed by atoms with Crippen molar-refractivity contribution in [3.8, 4) is 0 Å². The molecule has 1 unspecified atom stereocenters. The molecule has 3 heterocycles. The molecule has 0 bridgehead atoms. The Kier molecular flexibility index (Phi) is 5.13. The van der Waals surface area contributed by atoms with E-state index in [4.69, 9.17) is 5.73 Å². The van der Waals surface area contributed by atoms with Crippen molar-refractivity contribution in [2.24, 2.45) is 11.7 Å². The number of carbonyl (C=O) groups is 2. The number of likely N-dealkylation sites (N-methyl/N-ethyl adjacent to an activating group) is 1. The number of nitrogens with zero attached hydrogens (tertiary/aromatic N) is 4. The van der Waals surface area contributed by atoms with Crippen LogP contribution in [0.3, 0.4) is 0 Å². The van der Waals surface area contributed by atoms with E-state index in [1.165, 1.54) is 12.6 Å². The van der Waals surface area contributed by atoms with Crippen molar-refractivity contribution in [1.82, 2.24) is 19.6 Å². The van der Waals surface area contributed by atoms with Crippen molar-refractivity contribution < 1.29 is 9.59 Å². The second-order valence-electron chi connectivity index (χ2n) is 7.70. The van der Waals surface area contributed by atoms with E-state index in [1.807, 2.05) is 4.90 Å². The molecule has 138 valence electrons. The minimum Gasteiger partial charge on any atom is -0.366 e. The third-order valence-electron chi connectivity index (χ3n) is 5.98. The number of hydrogen-bond acceptors (Lipinski definition) is 4. The molecule has 2 aliphatic heterocycles. The van der Waals surface area contributed by atoms with Crippen molar-refractivity contribution in [2.75, 3.05) is 26.7 Å². The highest BCUT2D eigenvalue weighted by atomic mass is 16.2. The smallest absolute Gasteiger partial charge is 0.251 e. The van der Waals surface area contributed by atoms with Gasteiger partial charge in [-0.05, 0) is 58.5 Å². The van der Waals surface area contributed by atoms with Crippen LogP contribution in [0.25, 0.3) is 0 Å². The second-order valence-corrected chi connectivity index (χ2v) is 7.70. The third kappa shape index (κ3) is 3.71. The van der Waals surface area contributed by atoms with Gasteiger partial charge in [-0.25, -0.2) is 0 Å². The van der Waals surface area contributed by atoms with Gasteiger partial charge in [0.15, 0.2) is 0 Å². The molecule has 1 aromatic rings. The Morgan fingerprint density at radius 2 is 2.00 bits per heavy atom. The van der Waals surface area contributed by atoms with Crippen LogP contribution >= 0.6 is 0 Å². The maximum Gasteiger partial charge on any atom is 0.251 e. The lowest BCUT2D eigenvalue weighted by atomic mass is 9.86. The molecule has 1 aromatic heterocycles. The summed E-state index contributed by atoms with van der Waals surface area (Å²) in [7, 11) is 2.07. The fraction of sp³-hybridized carbons (Fsp3) is 0.722. The third-order valence-corrected chi connectivity index (χ3v) is 5.98. The predicted octanol–water partition coefficient (Wildman–Crippen LogP) is 1.10. The molecule has 0 aromatic carbocycles. The highest BCUT2D eigenvalue weighted by Crippen LogP contribution is 2.30. The number of primary amides is 1. The van der Waals surface area contributed by atoms with Gasteiger partial charge in [0, 0.05) is 25.8 Å². The summed E-state index contributed by atoms with van der Waals surface area (Å²) >= 11 is 0. The van der Waals surface area contributed by atoms with E-state index in [9.17, 15) is 9.59 Å². The molecule has 2 saturated heterocycles. The molecule has 0 spiro atoms. The standard InChI is InChI=1S/C18H29N5O2/c1-18(7-3-4-8-21(18)2)17(25)22-9-5-14(6-10-22)12-23-13-15(11-20-23)16(19)24/h11,13-14H,3-10,12H2,1-2H3,(H2,19,24). The molecule has 7 heteroatoms. The topological polar surface area (TPSA) is 84.5 Å². The highest BCUT2D eigenvalue weighted by Gasteiger charge is 2.42. The number of aromatic nitrogens is 2. The summed E-state index contributed by atoms with van der Waals surface area (Å²) in [5, 5.41) is 4.21. The van der Waals surface area contributed by atoms with E-state index in [0.29, 0.717) is 11.5 Å². The molecule has 0 saturated carbocycles. The molecule has 7 nitrogen and oxygen atoms in total. The van der Waals surface area contributed by atoms with Gasteiger partial charge in [0.05, 0.1) is 17.3 Å². The fourth-order valence-electron chi connectivity index (χ4n) is 4.04. The maximum atomic E-state index is 13.0. The molecule has 3 rings (SSSR count). The summed E-state index contributed by atoms with van der Waals surface area (Å²) in [5.74, 6) is 0.307. The first-order valence-electron chi connectivity index (χ1n) is 9.23. The van der Waals surface area contributed by atoms with Crippen LogP contribution in [-0.2, 0) is 11.3 Å². The zero-order chi connectivity index (χ0) is 18.0. The molecule has 2 fully saturated rings. The van der Waals surface area contributed by atoms with Crippen LogP contribution in [0.1, 0.15) is 49.4 Å². The molecule has 0 radical (unpaired) electrons. The van der Waals surface area contributed by atoms with Gasteiger partial charge < -0.3 is 10.6 Å². The van der Waals surface area contributed by atoms with E-state index in [0.717, 1.165) is 51.9 Å². The minimum absolute atomic E-state index is 0.281. The fourth-order valence-corrected chi connectivity index (χ4v) is 4.04. The number of likely N-dealkylation sites (tertiary alicyclic amines) is 2. The highest BCUT2D eigenvalue weighted by molar-refractivity contribution is 5.92. The monoisotopic (exact) mass is 347 g/mol. The molecule has 25 heavy (non-hydrogen) atoms. The lowest BCUT2D eigenvalue weighted by molar-refractivity contribution is -0.146. The van der Waals surface area contributed by atoms with E-state index in [2.05, 4.69) is 24.0 Å².